The monoisotopic (exact) mass is 463 g/mol. The second kappa shape index (κ2) is 10.7. The van der Waals surface area contributed by atoms with E-state index in [0.717, 1.165) is 29.7 Å². The molecule has 0 bridgehead atoms. The lowest BCUT2D eigenvalue weighted by molar-refractivity contribution is -0.132. The van der Waals surface area contributed by atoms with Crippen molar-refractivity contribution in [2.75, 3.05) is 26.7 Å². The summed E-state index contributed by atoms with van der Waals surface area (Å²) in [5.41, 5.74) is 3.14. The lowest BCUT2D eigenvalue weighted by Crippen LogP contribution is -2.48. The van der Waals surface area contributed by atoms with Crippen LogP contribution < -0.4 is 10.1 Å². The Kier molecular flexibility index (Phi) is 7.50. The van der Waals surface area contributed by atoms with Crippen molar-refractivity contribution < 1.29 is 19.1 Å². The molecule has 1 atom stereocenters. The van der Waals surface area contributed by atoms with Crippen LogP contribution in [-0.4, -0.2) is 60.3 Å². The minimum Gasteiger partial charge on any atom is -0.496 e. The average Bonchev–Trinajstić information content (AvgIpc) is 3.21. The van der Waals surface area contributed by atoms with Crippen LogP contribution >= 0.6 is 0 Å². The zero-order chi connectivity index (χ0) is 24.1. The van der Waals surface area contributed by atoms with E-state index < -0.39 is 0 Å². The van der Waals surface area contributed by atoms with Crippen molar-refractivity contribution in [1.29, 1.82) is 0 Å². The molecule has 0 saturated carbocycles. The van der Waals surface area contributed by atoms with Crippen molar-refractivity contribution >= 4 is 17.7 Å². The summed E-state index contributed by atoms with van der Waals surface area (Å²) < 4.78 is 5.35. The predicted molar refractivity (Wildman–Crippen MR) is 129 cm³/mol. The number of carbonyl (C=O) groups excluding carboxylic acids is 3. The zero-order valence-corrected chi connectivity index (χ0v) is 20.0. The fourth-order valence-electron chi connectivity index (χ4n) is 4.73. The van der Waals surface area contributed by atoms with Gasteiger partial charge in [0.25, 0.3) is 0 Å². The molecule has 0 aromatic heterocycles. The molecule has 7 nitrogen and oxygen atoms in total. The fourth-order valence-corrected chi connectivity index (χ4v) is 4.73. The van der Waals surface area contributed by atoms with Gasteiger partial charge in [-0.15, -0.1) is 0 Å². The average molecular weight is 464 g/mol. The number of para-hydroxylation sites is 1. The highest BCUT2D eigenvalue weighted by Gasteiger charge is 2.35. The third-order valence-electron chi connectivity index (χ3n) is 6.81. The van der Waals surface area contributed by atoms with Crippen molar-refractivity contribution in [3.63, 3.8) is 0 Å². The molecule has 34 heavy (non-hydrogen) atoms. The summed E-state index contributed by atoms with van der Waals surface area (Å²) in [7, 11) is 1.61. The fraction of sp³-hybridized carbons (Fsp3) is 0.444. The Morgan fingerprint density at radius 3 is 2.47 bits per heavy atom. The van der Waals surface area contributed by atoms with E-state index in [2.05, 4.69) is 5.32 Å². The molecule has 2 aliphatic heterocycles. The first-order chi connectivity index (χ1) is 16.4. The molecule has 2 aromatic carbocycles. The highest BCUT2D eigenvalue weighted by Crippen LogP contribution is 2.23. The van der Waals surface area contributed by atoms with Crippen LogP contribution in [-0.2, 0) is 27.3 Å². The number of nitrogens with zero attached hydrogens (tertiary/aromatic N) is 2. The predicted octanol–water partition coefficient (Wildman–Crippen LogP) is 2.70. The van der Waals surface area contributed by atoms with Gasteiger partial charge in [-0.25, -0.2) is 0 Å². The number of rotatable bonds is 7. The maximum atomic E-state index is 12.8. The van der Waals surface area contributed by atoms with Crippen molar-refractivity contribution in [1.82, 2.24) is 15.1 Å². The van der Waals surface area contributed by atoms with Gasteiger partial charge in [-0.05, 0) is 31.4 Å². The molecular formula is C27H33N3O4. The third kappa shape index (κ3) is 5.76. The normalized spacial score (nSPS) is 18.8. The Balaban J connectivity index is 1.23. The molecule has 2 saturated heterocycles. The minimum atomic E-state index is -0.317. The Bertz CT molecular complexity index is 1030. The summed E-state index contributed by atoms with van der Waals surface area (Å²) in [4.78, 5) is 41.7. The second-order valence-corrected chi connectivity index (χ2v) is 9.31. The number of carbonyl (C=O) groups is 3. The number of amides is 3. The number of piperidine rings is 1. The molecule has 7 heteroatoms. The number of likely N-dealkylation sites (tertiary alicyclic amines) is 2. The van der Waals surface area contributed by atoms with Crippen molar-refractivity contribution in [2.24, 2.45) is 5.92 Å². The highest BCUT2D eigenvalue weighted by atomic mass is 16.5. The van der Waals surface area contributed by atoms with Crippen LogP contribution in [0.1, 0.15) is 36.0 Å². The van der Waals surface area contributed by atoms with Crippen molar-refractivity contribution in [3.05, 3.63) is 65.2 Å². The van der Waals surface area contributed by atoms with Crippen LogP contribution in [0.2, 0.25) is 0 Å². The van der Waals surface area contributed by atoms with E-state index >= 15 is 0 Å². The molecular weight excluding hydrogens is 430 g/mol. The number of hydrogen-bond donors (Lipinski definition) is 1. The SMILES string of the molecule is COc1ccccc1CC(=O)N1CCC(NC(=O)C2CC(=O)N(Cc3ccc(C)cc3)C2)CC1. The van der Waals surface area contributed by atoms with Crippen LogP contribution in [0.25, 0.3) is 0 Å². The minimum absolute atomic E-state index is 0.0254. The van der Waals surface area contributed by atoms with E-state index in [0.29, 0.717) is 32.6 Å². The molecule has 2 heterocycles. The van der Waals surface area contributed by atoms with Gasteiger partial charge in [0.1, 0.15) is 5.75 Å². The molecule has 2 aliphatic rings. The van der Waals surface area contributed by atoms with Crippen molar-refractivity contribution in [2.45, 2.75) is 45.2 Å². The number of hydrogen-bond acceptors (Lipinski definition) is 4. The highest BCUT2D eigenvalue weighted by molar-refractivity contribution is 5.89. The van der Waals surface area contributed by atoms with Gasteiger partial charge in [0.05, 0.1) is 19.4 Å². The summed E-state index contributed by atoms with van der Waals surface area (Å²) >= 11 is 0. The number of aryl methyl sites for hydroxylation is 1. The Hall–Kier alpha value is -3.35. The zero-order valence-electron chi connectivity index (χ0n) is 20.0. The van der Waals surface area contributed by atoms with Gasteiger partial charge in [-0.3, -0.25) is 14.4 Å². The number of benzene rings is 2. The van der Waals surface area contributed by atoms with Crippen LogP contribution in [0.5, 0.6) is 5.75 Å². The van der Waals surface area contributed by atoms with Gasteiger partial charge in [-0.2, -0.15) is 0 Å². The van der Waals surface area contributed by atoms with E-state index in [4.69, 9.17) is 4.74 Å². The van der Waals surface area contributed by atoms with E-state index in [1.165, 1.54) is 5.56 Å². The van der Waals surface area contributed by atoms with Gasteiger partial charge in [0.15, 0.2) is 0 Å². The Morgan fingerprint density at radius 1 is 1.06 bits per heavy atom. The molecule has 1 unspecified atom stereocenters. The maximum absolute atomic E-state index is 12.8. The lowest BCUT2D eigenvalue weighted by Gasteiger charge is -2.33. The molecule has 0 spiro atoms. The Morgan fingerprint density at radius 2 is 1.76 bits per heavy atom. The first-order valence-electron chi connectivity index (χ1n) is 12.0. The van der Waals surface area contributed by atoms with Gasteiger partial charge in [-0.1, -0.05) is 48.0 Å². The summed E-state index contributed by atoms with van der Waals surface area (Å²) in [6, 6.07) is 15.7. The molecule has 1 N–H and O–H groups in total. The standard InChI is InChI=1S/C27H33N3O4/c1-19-7-9-20(10-8-19)17-30-18-22(16-26(30)32)27(33)28-23-11-13-29(14-12-23)25(31)15-21-5-3-4-6-24(21)34-2/h3-10,22-23H,11-18H2,1-2H3,(H,28,33). The van der Waals surface area contributed by atoms with E-state index in [-0.39, 0.29) is 36.1 Å². The van der Waals surface area contributed by atoms with Crippen LogP contribution in [0.4, 0.5) is 0 Å². The number of ether oxygens (including phenoxy) is 1. The Labute approximate surface area is 201 Å². The molecule has 0 aliphatic carbocycles. The van der Waals surface area contributed by atoms with Gasteiger partial charge >= 0.3 is 0 Å². The summed E-state index contributed by atoms with van der Waals surface area (Å²) in [6.07, 6.45) is 2.00. The van der Waals surface area contributed by atoms with E-state index in [1.54, 1.807) is 12.0 Å². The molecule has 4 rings (SSSR count). The van der Waals surface area contributed by atoms with Gasteiger partial charge in [0.2, 0.25) is 17.7 Å². The van der Waals surface area contributed by atoms with Crippen LogP contribution in [0.15, 0.2) is 48.5 Å². The molecule has 180 valence electrons. The van der Waals surface area contributed by atoms with Crippen LogP contribution in [0, 0.1) is 12.8 Å². The summed E-state index contributed by atoms with van der Waals surface area (Å²) in [5.74, 6) is 0.446. The molecule has 3 amide bonds. The topological polar surface area (TPSA) is 79.0 Å². The second-order valence-electron chi connectivity index (χ2n) is 9.31. The lowest BCUT2D eigenvalue weighted by atomic mass is 10.0. The molecule has 0 radical (unpaired) electrons. The first-order valence-corrected chi connectivity index (χ1v) is 12.0. The van der Waals surface area contributed by atoms with E-state index in [9.17, 15) is 14.4 Å². The van der Waals surface area contributed by atoms with E-state index in [1.807, 2.05) is 60.4 Å². The first kappa shape index (κ1) is 23.8. The number of methoxy groups -OCH3 is 1. The smallest absolute Gasteiger partial charge is 0.227 e. The maximum Gasteiger partial charge on any atom is 0.227 e. The molecule has 2 aromatic rings. The summed E-state index contributed by atoms with van der Waals surface area (Å²) in [5, 5.41) is 3.12. The number of nitrogens with one attached hydrogen (secondary N) is 1. The van der Waals surface area contributed by atoms with Crippen molar-refractivity contribution in [3.8, 4) is 5.75 Å². The largest absolute Gasteiger partial charge is 0.496 e. The summed E-state index contributed by atoms with van der Waals surface area (Å²) in [6.45, 7) is 4.25. The van der Waals surface area contributed by atoms with Crippen LogP contribution in [0.3, 0.4) is 0 Å². The van der Waals surface area contributed by atoms with Gasteiger partial charge < -0.3 is 19.9 Å². The van der Waals surface area contributed by atoms with Gasteiger partial charge in [0, 0.05) is 44.2 Å². The quantitative estimate of drug-likeness (QED) is 0.685. The third-order valence-corrected chi connectivity index (χ3v) is 6.81. The molecule has 2 fully saturated rings.